The molecule has 1 aliphatic rings. The highest BCUT2D eigenvalue weighted by Crippen LogP contribution is 2.34. The molecule has 1 N–H and O–H groups in total. The van der Waals surface area contributed by atoms with Gasteiger partial charge in [0.2, 0.25) is 0 Å². The van der Waals surface area contributed by atoms with Crippen LogP contribution in [0.3, 0.4) is 0 Å². The predicted octanol–water partition coefficient (Wildman–Crippen LogP) is 3.11. The topological polar surface area (TPSA) is 20.2 Å². The van der Waals surface area contributed by atoms with Gasteiger partial charge in [-0.05, 0) is 24.1 Å². The number of benzene rings is 1. The molecule has 1 nitrogen and oxygen atoms in total. The lowest BCUT2D eigenvalue weighted by Gasteiger charge is -2.31. The summed E-state index contributed by atoms with van der Waals surface area (Å²) in [6, 6.07) is 3.43. The van der Waals surface area contributed by atoms with Crippen LogP contribution in [0.5, 0.6) is 0 Å². The van der Waals surface area contributed by atoms with E-state index >= 15 is 0 Å². The van der Waals surface area contributed by atoms with E-state index < -0.39 is 17.7 Å². The van der Waals surface area contributed by atoms with Crippen molar-refractivity contribution in [3.8, 4) is 0 Å². The van der Waals surface area contributed by atoms with Crippen LogP contribution in [0.4, 0.5) is 8.78 Å². The van der Waals surface area contributed by atoms with Crippen LogP contribution >= 0.6 is 23.5 Å². The first kappa shape index (κ1) is 14.2. The third-order valence-corrected chi connectivity index (χ3v) is 6.22. The summed E-state index contributed by atoms with van der Waals surface area (Å²) >= 11 is 3.59. The minimum Gasteiger partial charge on any atom is -0.392 e. The maximum Gasteiger partial charge on any atom is 0.126 e. The number of hydrogen-bond acceptors (Lipinski definition) is 3. The van der Waals surface area contributed by atoms with E-state index in [1.165, 1.54) is 12.1 Å². The third kappa shape index (κ3) is 3.62. The van der Waals surface area contributed by atoms with Crippen molar-refractivity contribution in [2.45, 2.75) is 29.9 Å². The van der Waals surface area contributed by atoms with Gasteiger partial charge in [0.1, 0.15) is 11.6 Å². The quantitative estimate of drug-likeness (QED) is 0.924. The smallest absolute Gasteiger partial charge is 0.126 e. The van der Waals surface area contributed by atoms with E-state index in [-0.39, 0.29) is 5.25 Å². The number of aliphatic hydroxyl groups excluding tert-OH is 1. The van der Waals surface area contributed by atoms with Gasteiger partial charge >= 0.3 is 0 Å². The van der Waals surface area contributed by atoms with Crippen molar-refractivity contribution in [2.75, 3.05) is 11.5 Å². The molecule has 1 aliphatic heterocycles. The Bertz CT molecular complexity index is 394. The highest BCUT2D eigenvalue weighted by atomic mass is 32.2. The van der Waals surface area contributed by atoms with E-state index in [4.69, 9.17) is 0 Å². The fourth-order valence-electron chi connectivity index (χ4n) is 2.16. The molecule has 1 aromatic carbocycles. The maximum atomic E-state index is 13.1. The Hall–Kier alpha value is -0.260. The number of halogens is 2. The summed E-state index contributed by atoms with van der Waals surface area (Å²) in [4.78, 5) is 0. The van der Waals surface area contributed by atoms with E-state index in [9.17, 15) is 13.9 Å². The summed E-state index contributed by atoms with van der Waals surface area (Å²) in [7, 11) is 0. The van der Waals surface area contributed by atoms with Gasteiger partial charge < -0.3 is 5.11 Å². The zero-order valence-electron chi connectivity index (χ0n) is 10.1. The van der Waals surface area contributed by atoms with Gasteiger partial charge in [0.25, 0.3) is 0 Å². The Morgan fingerprint density at radius 2 is 1.83 bits per heavy atom. The molecule has 1 saturated heterocycles. The average Bonchev–Trinajstić information content (AvgIpc) is 2.27. The Labute approximate surface area is 114 Å². The molecule has 0 aliphatic carbocycles. The van der Waals surface area contributed by atoms with Crippen LogP contribution in [0.15, 0.2) is 18.2 Å². The van der Waals surface area contributed by atoms with Crippen LogP contribution in [0.25, 0.3) is 0 Å². The molecule has 0 amide bonds. The Morgan fingerprint density at radius 1 is 1.22 bits per heavy atom. The minimum atomic E-state index is -0.587. The van der Waals surface area contributed by atoms with E-state index in [0.717, 1.165) is 17.6 Å². The van der Waals surface area contributed by atoms with E-state index in [1.54, 1.807) is 11.8 Å². The lowest BCUT2D eigenvalue weighted by Crippen LogP contribution is -2.36. The van der Waals surface area contributed by atoms with E-state index in [1.807, 2.05) is 11.8 Å². The number of rotatable bonds is 3. The van der Waals surface area contributed by atoms with Gasteiger partial charge in [-0.2, -0.15) is 23.5 Å². The van der Waals surface area contributed by atoms with Crippen LogP contribution < -0.4 is 0 Å². The Balaban J connectivity index is 2.03. The van der Waals surface area contributed by atoms with Crippen LogP contribution in [-0.2, 0) is 6.42 Å². The fourth-order valence-corrected chi connectivity index (χ4v) is 5.00. The number of aliphatic hydroxyl groups is 1. The average molecular weight is 290 g/mol. The summed E-state index contributed by atoms with van der Waals surface area (Å²) in [6.45, 7) is 2.09. The molecule has 18 heavy (non-hydrogen) atoms. The SMILES string of the molecule is CC1SCCSC1C(O)Cc1cc(F)cc(F)c1. The second-order valence-corrected chi connectivity index (χ2v) is 7.23. The fraction of sp³-hybridized carbons (Fsp3) is 0.538. The predicted molar refractivity (Wildman–Crippen MR) is 74.2 cm³/mol. The maximum absolute atomic E-state index is 13.1. The first-order valence-electron chi connectivity index (χ1n) is 5.92. The number of hydrogen-bond donors (Lipinski definition) is 1. The Morgan fingerprint density at radius 3 is 2.44 bits per heavy atom. The molecule has 0 bridgehead atoms. The highest BCUT2D eigenvalue weighted by Gasteiger charge is 2.29. The van der Waals surface area contributed by atoms with Gasteiger partial charge in [0, 0.05) is 28.1 Å². The minimum absolute atomic E-state index is 0.134. The molecule has 3 unspecified atom stereocenters. The largest absolute Gasteiger partial charge is 0.392 e. The molecule has 1 aromatic rings. The van der Waals surface area contributed by atoms with Gasteiger partial charge in [-0.25, -0.2) is 8.78 Å². The molecular weight excluding hydrogens is 274 g/mol. The van der Waals surface area contributed by atoms with Gasteiger partial charge in [-0.3, -0.25) is 0 Å². The third-order valence-electron chi connectivity index (χ3n) is 2.98. The van der Waals surface area contributed by atoms with Gasteiger partial charge in [-0.1, -0.05) is 6.92 Å². The molecule has 100 valence electrons. The molecule has 0 aromatic heterocycles. The Kier molecular flexibility index (Phi) is 4.92. The monoisotopic (exact) mass is 290 g/mol. The number of thioether (sulfide) groups is 2. The summed E-state index contributed by atoms with van der Waals surface area (Å²) < 4.78 is 26.1. The van der Waals surface area contributed by atoms with Gasteiger partial charge in [0.15, 0.2) is 0 Å². The lowest BCUT2D eigenvalue weighted by molar-refractivity contribution is 0.171. The van der Waals surface area contributed by atoms with Crippen molar-refractivity contribution in [1.29, 1.82) is 0 Å². The zero-order valence-corrected chi connectivity index (χ0v) is 11.7. The second kappa shape index (κ2) is 6.26. The first-order valence-corrected chi connectivity index (χ1v) is 8.02. The molecule has 2 rings (SSSR count). The van der Waals surface area contributed by atoms with E-state index in [0.29, 0.717) is 17.2 Å². The standard InChI is InChI=1S/C13H16F2OS2/c1-8-13(18-3-2-17-8)12(16)6-9-4-10(14)7-11(15)5-9/h4-5,7-8,12-13,16H,2-3,6H2,1H3. The molecule has 3 atom stereocenters. The van der Waals surface area contributed by atoms with Crippen molar-refractivity contribution in [3.05, 3.63) is 35.4 Å². The van der Waals surface area contributed by atoms with Crippen LogP contribution in [-0.4, -0.2) is 33.2 Å². The second-order valence-electron chi connectivity index (χ2n) is 4.46. The van der Waals surface area contributed by atoms with Crippen molar-refractivity contribution in [2.24, 2.45) is 0 Å². The van der Waals surface area contributed by atoms with Crippen molar-refractivity contribution >= 4 is 23.5 Å². The van der Waals surface area contributed by atoms with Crippen LogP contribution in [0, 0.1) is 11.6 Å². The summed E-state index contributed by atoms with van der Waals surface area (Å²) in [5.41, 5.74) is 0.517. The van der Waals surface area contributed by atoms with Crippen molar-refractivity contribution in [3.63, 3.8) is 0 Å². The molecule has 0 radical (unpaired) electrons. The van der Waals surface area contributed by atoms with Crippen LogP contribution in [0.1, 0.15) is 12.5 Å². The first-order chi connectivity index (χ1) is 8.56. The van der Waals surface area contributed by atoms with E-state index in [2.05, 4.69) is 6.92 Å². The molecule has 1 fully saturated rings. The molecule has 1 heterocycles. The van der Waals surface area contributed by atoms with Gasteiger partial charge in [-0.15, -0.1) is 0 Å². The van der Waals surface area contributed by atoms with Crippen molar-refractivity contribution in [1.82, 2.24) is 0 Å². The van der Waals surface area contributed by atoms with Gasteiger partial charge in [0.05, 0.1) is 6.10 Å². The molecule has 5 heteroatoms. The highest BCUT2D eigenvalue weighted by molar-refractivity contribution is 8.07. The normalized spacial score (nSPS) is 26.0. The zero-order chi connectivity index (χ0) is 13.1. The van der Waals surface area contributed by atoms with Crippen LogP contribution in [0.2, 0.25) is 0 Å². The van der Waals surface area contributed by atoms with Crippen molar-refractivity contribution < 1.29 is 13.9 Å². The molecule has 0 spiro atoms. The summed E-state index contributed by atoms with van der Waals surface area (Å²) in [5.74, 6) is 0.949. The summed E-state index contributed by atoms with van der Waals surface area (Å²) in [6.07, 6.45) is -0.254. The molecular formula is C13H16F2OS2. The lowest BCUT2D eigenvalue weighted by atomic mass is 10.0. The summed E-state index contributed by atoms with van der Waals surface area (Å²) in [5, 5.41) is 10.7. The molecule has 0 saturated carbocycles.